The summed E-state index contributed by atoms with van der Waals surface area (Å²) in [5.74, 6) is -0.301. The number of fused-ring (bicyclic) bond motifs is 1. The van der Waals surface area contributed by atoms with E-state index in [0.29, 0.717) is 21.7 Å². The Morgan fingerprint density at radius 3 is 2.65 bits per heavy atom. The highest BCUT2D eigenvalue weighted by atomic mass is 32.2. The lowest BCUT2D eigenvalue weighted by Crippen LogP contribution is -2.09. The molecule has 0 fully saturated rings. The van der Waals surface area contributed by atoms with Gasteiger partial charge >= 0.3 is 0 Å². The number of hydrogen-bond acceptors (Lipinski definition) is 4. The molecule has 3 N–H and O–H groups in total. The number of H-pyrrole nitrogens is 1. The molecule has 0 aliphatic heterocycles. The molecule has 0 saturated carbocycles. The zero-order chi connectivity index (χ0) is 14.1. The normalized spacial score (nSPS) is 10.8. The van der Waals surface area contributed by atoms with Gasteiger partial charge in [0, 0.05) is 10.6 Å². The van der Waals surface area contributed by atoms with Gasteiger partial charge in [0.25, 0.3) is 5.56 Å². The van der Waals surface area contributed by atoms with Crippen LogP contribution in [0.3, 0.4) is 0 Å². The van der Waals surface area contributed by atoms with E-state index in [1.165, 1.54) is 23.9 Å². The molecule has 2 aromatic carbocycles. The third-order valence-corrected chi connectivity index (χ3v) is 3.63. The predicted molar refractivity (Wildman–Crippen MR) is 77.3 cm³/mol. The maximum Gasteiger partial charge on any atom is 0.259 e. The van der Waals surface area contributed by atoms with Gasteiger partial charge in [-0.3, -0.25) is 4.79 Å². The molecule has 1 aromatic heterocycles. The molecule has 100 valence electrons. The van der Waals surface area contributed by atoms with Crippen LogP contribution in [0.1, 0.15) is 0 Å². The number of nitrogens with zero attached hydrogens (tertiary/aromatic N) is 1. The molecular formula is C14H10FN3OS. The molecule has 0 aliphatic carbocycles. The van der Waals surface area contributed by atoms with Gasteiger partial charge in [-0.15, -0.1) is 0 Å². The van der Waals surface area contributed by atoms with Gasteiger partial charge in [0.2, 0.25) is 0 Å². The van der Waals surface area contributed by atoms with Gasteiger partial charge in [-0.25, -0.2) is 9.37 Å². The maximum absolute atomic E-state index is 12.8. The molecule has 0 atom stereocenters. The first-order valence-electron chi connectivity index (χ1n) is 5.85. The minimum absolute atomic E-state index is 0.244. The van der Waals surface area contributed by atoms with Gasteiger partial charge in [-0.1, -0.05) is 11.8 Å². The van der Waals surface area contributed by atoms with Crippen molar-refractivity contribution in [3.8, 4) is 0 Å². The number of hydrogen-bond donors (Lipinski definition) is 2. The molecule has 0 spiro atoms. The third kappa shape index (κ3) is 2.50. The van der Waals surface area contributed by atoms with Gasteiger partial charge in [0.15, 0.2) is 5.16 Å². The summed E-state index contributed by atoms with van der Waals surface area (Å²) in [6.07, 6.45) is 0. The molecule has 0 unspecified atom stereocenters. The van der Waals surface area contributed by atoms with Crippen LogP contribution in [-0.2, 0) is 0 Å². The van der Waals surface area contributed by atoms with E-state index in [-0.39, 0.29) is 11.4 Å². The number of rotatable bonds is 2. The van der Waals surface area contributed by atoms with E-state index >= 15 is 0 Å². The van der Waals surface area contributed by atoms with Gasteiger partial charge < -0.3 is 10.7 Å². The van der Waals surface area contributed by atoms with Crippen LogP contribution in [0.25, 0.3) is 10.9 Å². The minimum Gasteiger partial charge on any atom is -0.399 e. The van der Waals surface area contributed by atoms with Crippen molar-refractivity contribution in [3.05, 3.63) is 58.6 Å². The summed E-state index contributed by atoms with van der Waals surface area (Å²) in [6.45, 7) is 0. The van der Waals surface area contributed by atoms with E-state index in [2.05, 4.69) is 9.97 Å². The third-order valence-electron chi connectivity index (χ3n) is 2.74. The second-order valence-corrected chi connectivity index (χ2v) is 5.27. The van der Waals surface area contributed by atoms with Gasteiger partial charge in [0.1, 0.15) is 5.82 Å². The van der Waals surface area contributed by atoms with Gasteiger partial charge in [-0.2, -0.15) is 0 Å². The number of aromatic amines is 1. The Morgan fingerprint density at radius 1 is 1.15 bits per heavy atom. The van der Waals surface area contributed by atoms with Crippen LogP contribution in [0, 0.1) is 5.82 Å². The minimum atomic E-state index is -0.301. The first kappa shape index (κ1) is 12.7. The molecule has 1 heterocycles. The number of nitrogens with one attached hydrogen (secondary N) is 1. The molecular weight excluding hydrogens is 277 g/mol. The van der Waals surface area contributed by atoms with Crippen LogP contribution < -0.4 is 11.3 Å². The Kier molecular flexibility index (Phi) is 3.15. The van der Waals surface area contributed by atoms with Crippen molar-refractivity contribution in [1.82, 2.24) is 9.97 Å². The summed E-state index contributed by atoms with van der Waals surface area (Å²) >= 11 is 1.26. The number of anilines is 1. The van der Waals surface area contributed by atoms with Crippen LogP contribution in [0.2, 0.25) is 0 Å². The van der Waals surface area contributed by atoms with E-state index < -0.39 is 0 Å². The zero-order valence-corrected chi connectivity index (χ0v) is 11.1. The quantitative estimate of drug-likeness (QED) is 0.561. The highest BCUT2D eigenvalue weighted by molar-refractivity contribution is 7.99. The molecule has 4 nitrogen and oxygen atoms in total. The Balaban J connectivity index is 2.02. The summed E-state index contributed by atoms with van der Waals surface area (Å²) in [5.41, 5.74) is 6.50. The average molecular weight is 287 g/mol. The summed E-state index contributed by atoms with van der Waals surface area (Å²) in [5, 5.41) is 0.910. The lowest BCUT2D eigenvalue weighted by molar-refractivity contribution is 0.626. The molecule has 0 aliphatic rings. The topological polar surface area (TPSA) is 71.8 Å². The second kappa shape index (κ2) is 4.97. The number of halogens is 1. The predicted octanol–water partition coefficient (Wildman–Crippen LogP) is 2.80. The Bertz CT molecular complexity index is 830. The summed E-state index contributed by atoms with van der Waals surface area (Å²) in [4.78, 5) is 19.8. The Labute approximate surface area is 117 Å². The van der Waals surface area contributed by atoms with Crippen molar-refractivity contribution >= 4 is 28.4 Å². The number of nitrogen functional groups attached to an aromatic ring is 1. The zero-order valence-electron chi connectivity index (χ0n) is 10.3. The van der Waals surface area contributed by atoms with Gasteiger partial charge in [0.05, 0.1) is 10.9 Å². The fourth-order valence-electron chi connectivity index (χ4n) is 1.80. The number of aromatic nitrogens is 2. The van der Waals surface area contributed by atoms with Crippen molar-refractivity contribution in [2.75, 3.05) is 5.73 Å². The smallest absolute Gasteiger partial charge is 0.259 e. The maximum atomic E-state index is 12.8. The molecule has 6 heteroatoms. The lowest BCUT2D eigenvalue weighted by atomic mass is 10.2. The molecule has 20 heavy (non-hydrogen) atoms. The van der Waals surface area contributed by atoms with Crippen molar-refractivity contribution in [3.63, 3.8) is 0 Å². The summed E-state index contributed by atoms with van der Waals surface area (Å²) in [6, 6.07) is 11.0. The van der Waals surface area contributed by atoms with Crippen LogP contribution in [0.15, 0.2) is 57.3 Å². The van der Waals surface area contributed by atoms with Crippen LogP contribution in [0.4, 0.5) is 10.1 Å². The average Bonchev–Trinajstić information content (AvgIpc) is 2.42. The highest BCUT2D eigenvalue weighted by Gasteiger charge is 2.06. The summed E-state index contributed by atoms with van der Waals surface area (Å²) in [7, 11) is 0. The number of benzene rings is 2. The molecule has 0 amide bonds. The highest BCUT2D eigenvalue weighted by Crippen LogP contribution is 2.25. The van der Waals surface area contributed by atoms with E-state index in [1.807, 2.05) is 0 Å². The van der Waals surface area contributed by atoms with Crippen molar-refractivity contribution in [2.45, 2.75) is 10.1 Å². The lowest BCUT2D eigenvalue weighted by Gasteiger charge is -2.03. The van der Waals surface area contributed by atoms with Crippen LogP contribution in [-0.4, -0.2) is 9.97 Å². The Morgan fingerprint density at radius 2 is 1.90 bits per heavy atom. The molecule has 3 aromatic rings. The summed E-state index contributed by atoms with van der Waals surface area (Å²) < 4.78 is 12.8. The standard InChI is InChI=1S/C14H10FN3OS/c15-8-1-4-10(5-2-8)20-14-17-12-6-3-9(16)7-11(12)13(19)18-14/h1-7H,16H2,(H,17,18,19). The van der Waals surface area contributed by atoms with E-state index in [9.17, 15) is 9.18 Å². The fraction of sp³-hybridized carbons (Fsp3) is 0. The largest absolute Gasteiger partial charge is 0.399 e. The van der Waals surface area contributed by atoms with Crippen LogP contribution >= 0.6 is 11.8 Å². The van der Waals surface area contributed by atoms with Crippen molar-refractivity contribution in [2.24, 2.45) is 0 Å². The second-order valence-electron chi connectivity index (χ2n) is 4.20. The molecule has 0 saturated heterocycles. The SMILES string of the molecule is Nc1ccc2nc(Sc3ccc(F)cc3)[nH]c(=O)c2c1. The molecule has 0 bridgehead atoms. The Hall–Kier alpha value is -2.34. The van der Waals surface area contributed by atoms with Crippen molar-refractivity contribution < 1.29 is 4.39 Å². The first-order chi connectivity index (χ1) is 9.61. The first-order valence-corrected chi connectivity index (χ1v) is 6.66. The van der Waals surface area contributed by atoms with E-state index in [4.69, 9.17) is 5.73 Å². The van der Waals surface area contributed by atoms with E-state index in [0.717, 1.165) is 4.90 Å². The monoisotopic (exact) mass is 287 g/mol. The van der Waals surface area contributed by atoms with E-state index in [1.54, 1.807) is 30.3 Å². The molecule has 0 radical (unpaired) electrons. The van der Waals surface area contributed by atoms with Crippen molar-refractivity contribution in [1.29, 1.82) is 0 Å². The van der Waals surface area contributed by atoms with Gasteiger partial charge in [-0.05, 0) is 42.5 Å². The van der Waals surface area contributed by atoms with Crippen LogP contribution in [0.5, 0.6) is 0 Å². The molecule has 3 rings (SSSR count). The number of nitrogens with two attached hydrogens (primary N) is 1. The fourth-order valence-corrected chi connectivity index (χ4v) is 2.58.